The highest BCUT2D eigenvalue weighted by Crippen LogP contribution is 2.33. The summed E-state index contributed by atoms with van der Waals surface area (Å²) in [5.74, 6) is -0.623. The van der Waals surface area contributed by atoms with E-state index >= 15 is 0 Å². The van der Waals surface area contributed by atoms with E-state index in [2.05, 4.69) is 5.32 Å². The summed E-state index contributed by atoms with van der Waals surface area (Å²) < 4.78 is 25.6. The zero-order valence-electron chi connectivity index (χ0n) is 15.0. The summed E-state index contributed by atoms with van der Waals surface area (Å²) in [4.78, 5) is 25.4. The van der Waals surface area contributed by atoms with Crippen LogP contribution in [0.2, 0.25) is 0 Å². The van der Waals surface area contributed by atoms with E-state index in [0.717, 1.165) is 0 Å². The molecule has 148 valence electrons. The summed E-state index contributed by atoms with van der Waals surface area (Å²) in [6.45, 7) is 0.422. The molecule has 2 aliphatic rings. The largest absolute Gasteiger partial charge is 0.465 e. The van der Waals surface area contributed by atoms with Crippen LogP contribution in [0.25, 0.3) is 0 Å². The number of benzene rings is 1. The lowest BCUT2D eigenvalue weighted by atomic mass is 9.82. The maximum Gasteiger partial charge on any atom is 0.405 e. The Morgan fingerprint density at radius 3 is 2.59 bits per heavy atom. The Bertz CT molecular complexity index is 798. The van der Waals surface area contributed by atoms with Crippen LogP contribution in [0.4, 0.5) is 4.79 Å². The fourth-order valence-electron chi connectivity index (χ4n) is 4.19. The molecule has 2 fully saturated rings. The van der Waals surface area contributed by atoms with Crippen molar-refractivity contribution in [3.05, 3.63) is 30.3 Å². The molecule has 1 saturated heterocycles. The van der Waals surface area contributed by atoms with Crippen LogP contribution in [-0.2, 0) is 14.6 Å². The van der Waals surface area contributed by atoms with Gasteiger partial charge in [-0.15, -0.1) is 0 Å². The topological polar surface area (TPSA) is 130 Å². The Kier molecular flexibility index (Phi) is 5.71. The standard InChI is InChI=1S/C18H25N3O5S/c19-13-6-7-16(21-9-8-15(17(21)22)20-18(23)24)12(10-13)11-27(25,26)14-4-2-1-3-5-14/h1-5,12-13,15-16,20H,6-11,19H2,(H,23,24)/t12-,13-,15+,16+/m1/s1. The highest BCUT2D eigenvalue weighted by atomic mass is 32.2. The van der Waals surface area contributed by atoms with Gasteiger partial charge in [0, 0.05) is 18.6 Å². The van der Waals surface area contributed by atoms with Crippen LogP contribution in [0.1, 0.15) is 25.7 Å². The van der Waals surface area contributed by atoms with E-state index in [1.54, 1.807) is 35.2 Å². The van der Waals surface area contributed by atoms with Gasteiger partial charge in [0.05, 0.1) is 10.6 Å². The van der Waals surface area contributed by atoms with Crippen molar-refractivity contribution in [2.24, 2.45) is 11.7 Å². The number of carbonyl (C=O) groups excluding carboxylic acids is 1. The molecule has 1 aromatic rings. The molecule has 0 bridgehead atoms. The molecule has 0 spiro atoms. The van der Waals surface area contributed by atoms with E-state index < -0.39 is 22.0 Å². The average Bonchev–Trinajstić information content (AvgIpc) is 2.96. The van der Waals surface area contributed by atoms with Gasteiger partial charge in [-0.05, 0) is 43.7 Å². The molecule has 27 heavy (non-hydrogen) atoms. The first-order chi connectivity index (χ1) is 12.8. The number of carbonyl (C=O) groups is 2. The first kappa shape index (κ1) is 19.6. The molecule has 2 amide bonds. The quantitative estimate of drug-likeness (QED) is 0.677. The Hall–Kier alpha value is -2.13. The number of nitrogens with zero attached hydrogens (tertiary/aromatic N) is 1. The van der Waals surface area contributed by atoms with Crippen molar-refractivity contribution >= 4 is 21.8 Å². The second kappa shape index (κ2) is 7.85. The number of rotatable bonds is 5. The predicted octanol–water partition coefficient (Wildman–Crippen LogP) is 0.825. The van der Waals surface area contributed by atoms with Gasteiger partial charge in [-0.3, -0.25) is 4.79 Å². The van der Waals surface area contributed by atoms with Crippen molar-refractivity contribution in [2.75, 3.05) is 12.3 Å². The lowest BCUT2D eigenvalue weighted by molar-refractivity contribution is -0.132. The zero-order valence-corrected chi connectivity index (χ0v) is 15.8. The van der Waals surface area contributed by atoms with Gasteiger partial charge in [-0.2, -0.15) is 0 Å². The summed E-state index contributed by atoms with van der Waals surface area (Å²) in [5.41, 5.74) is 6.08. The smallest absolute Gasteiger partial charge is 0.405 e. The van der Waals surface area contributed by atoms with E-state index in [4.69, 9.17) is 10.8 Å². The third-order valence-corrected chi connectivity index (χ3v) is 7.31. The molecule has 3 rings (SSSR count). The van der Waals surface area contributed by atoms with E-state index in [9.17, 15) is 18.0 Å². The fourth-order valence-corrected chi connectivity index (χ4v) is 5.88. The number of amides is 2. The fraction of sp³-hybridized carbons (Fsp3) is 0.556. The van der Waals surface area contributed by atoms with Crippen molar-refractivity contribution in [1.29, 1.82) is 0 Å². The molecule has 8 nitrogen and oxygen atoms in total. The first-order valence-corrected chi connectivity index (χ1v) is 10.8. The van der Waals surface area contributed by atoms with Gasteiger partial charge in [-0.25, -0.2) is 13.2 Å². The molecule has 1 saturated carbocycles. The minimum absolute atomic E-state index is 0.0732. The molecule has 1 heterocycles. The molecular formula is C18H25N3O5S. The number of hydrogen-bond donors (Lipinski definition) is 3. The van der Waals surface area contributed by atoms with Gasteiger partial charge in [0.1, 0.15) is 6.04 Å². The normalized spacial score (nSPS) is 28.9. The van der Waals surface area contributed by atoms with Crippen LogP contribution in [0, 0.1) is 5.92 Å². The SMILES string of the molecule is N[C@@H]1CC[C@H](N2CC[C@H](NC(=O)O)C2=O)[C@@H](CS(=O)(=O)c2ccccc2)C1. The van der Waals surface area contributed by atoms with Gasteiger partial charge in [-0.1, -0.05) is 18.2 Å². The molecular weight excluding hydrogens is 370 g/mol. The van der Waals surface area contributed by atoms with Crippen LogP contribution in [0.15, 0.2) is 35.2 Å². The third-order valence-electron chi connectivity index (χ3n) is 5.46. The van der Waals surface area contributed by atoms with Crippen LogP contribution >= 0.6 is 0 Å². The second-order valence-corrected chi connectivity index (χ2v) is 9.35. The maximum atomic E-state index is 12.8. The Labute approximate surface area is 158 Å². The van der Waals surface area contributed by atoms with Crippen LogP contribution in [0.3, 0.4) is 0 Å². The van der Waals surface area contributed by atoms with Crippen molar-refractivity contribution < 1.29 is 23.1 Å². The van der Waals surface area contributed by atoms with E-state index in [1.807, 2.05) is 0 Å². The molecule has 4 N–H and O–H groups in total. The molecule has 1 aliphatic heterocycles. The summed E-state index contributed by atoms with van der Waals surface area (Å²) >= 11 is 0. The number of nitrogens with one attached hydrogen (secondary N) is 1. The molecule has 1 aliphatic carbocycles. The second-order valence-electron chi connectivity index (χ2n) is 7.32. The highest BCUT2D eigenvalue weighted by molar-refractivity contribution is 7.91. The lowest BCUT2D eigenvalue weighted by Gasteiger charge is -2.40. The number of hydrogen-bond acceptors (Lipinski definition) is 5. The van der Waals surface area contributed by atoms with Gasteiger partial charge < -0.3 is 21.1 Å². The van der Waals surface area contributed by atoms with Gasteiger partial charge in [0.25, 0.3) is 0 Å². The minimum atomic E-state index is -3.50. The van der Waals surface area contributed by atoms with Crippen molar-refractivity contribution in [3.8, 4) is 0 Å². The predicted molar refractivity (Wildman–Crippen MR) is 98.9 cm³/mol. The molecule has 0 radical (unpaired) electrons. The average molecular weight is 395 g/mol. The van der Waals surface area contributed by atoms with Gasteiger partial charge in [0.15, 0.2) is 9.84 Å². The molecule has 9 heteroatoms. The molecule has 0 aromatic heterocycles. The van der Waals surface area contributed by atoms with Gasteiger partial charge in [0.2, 0.25) is 5.91 Å². The number of carboxylic acid groups (broad SMARTS) is 1. The van der Waals surface area contributed by atoms with Gasteiger partial charge >= 0.3 is 6.09 Å². The van der Waals surface area contributed by atoms with Crippen molar-refractivity contribution in [1.82, 2.24) is 10.2 Å². The van der Waals surface area contributed by atoms with Crippen LogP contribution in [0.5, 0.6) is 0 Å². The monoisotopic (exact) mass is 395 g/mol. The van der Waals surface area contributed by atoms with Crippen molar-refractivity contribution in [2.45, 2.75) is 48.7 Å². The van der Waals surface area contributed by atoms with Crippen molar-refractivity contribution in [3.63, 3.8) is 0 Å². The van der Waals surface area contributed by atoms with Crippen LogP contribution in [-0.4, -0.2) is 60.8 Å². The summed E-state index contributed by atoms with van der Waals surface area (Å²) in [7, 11) is -3.50. The van der Waals surface area contributed by atoms with Crippen LogP contribution < -0.4 is 11.1 Å². The number of likely N-dealkylation sites (tertiary alicyclic amines) is 1. The lowest BCUT2D eigenvalue weighted by Crippen LogP contribution is -2.51. The minimum Gasteiger partial charge on any atom is -0.465 e. The summed E-state index contributed by atoms with van der Waals surface area (Å²) in [6.07, 6.45) is 1.03. The first-order valence-electron chi connectivity index (χ1n) is 9.11. The Balaban J connectivity index is 1.78. The number of nitrogens with two attached hydrogens (primary N) is 1. The number of sulfone groups is 1. The molecule has 0 unspecified atom stereocenters. The molecule has 1 aromatic carbocycles. The zero-order chi connectivity index (χ0) is 19.6. The summed E-state index contributed by atoms with van der Waals surface area (Å²) in [5, 5.41) is 11.1. The third kappa shape index (κ3) is 4.41. The van der Waals surface area contributed by atoms with E-state index in [1.165, 1.54) is 0 Å². The van der Waals surface area contributed by atoms with E-state index in [0.29, 0.717) is 32.2 Å². The Morgan fingerprint density at radius 2 is 1.93 bits per heavy atom. The highest BCUT2D eigenvalue weighted by Gasteiger charge is 2.43. The maximum absolute atomic E-state index is 12.8. The Morgan fingerprint density at radius 1 is 1.22 bits per heavy atom. The van der Waals surface area contributed by atoms with E-state index in [-0.39, 0.29) is 34.6 Å². The molecule has 4 atom stereocenters. The summed E-state index contributed by atoms with van der Waals surface area (Å²) in [6, 6.07) is 7.18.